The van der Waals surface area contributed by atoms with Crippen LogP contribution in [0.25, 0.3) is 0 Å². The van der Waals surface area contributed by atoms with E-state index < -0.39 is 0 Å². The highest BCUT2D eigenvalue weighted by atomic mass is 35.5. The lowest BCUT2D eigenvalue weighted by atomic mass is 9.73. The standard InChI is InChI=1S/C21H29ClN2O/c22-19-11-5-6-12-20(19)24(21(23)25)13-18-16-9-3-1-7-14(16)15-8-2-4-10-17(15)18/h5-6,11-12,14-18H,1-4,7-10,13H2,(H2,23,25). The van der Waals surface area contributed by atoms with E-state index in [9.17, 15) is 4.79 Å². The van der Waals surface area contributed by atoms with Crippen molar-refractivity contribution < 1.29 is 4.79 Å². The molecule has 0 bridgehead atoms. The van der Waals surface area contributed by atoms with Gasteiger partial charge in [0.05, 0.1) is 10.7 Å². The number of carbonyl (C=O) groups is 1. The first-order valence-electron chi connectivity index (χ1n) is 9.98. The van der Waals surface area contributed by atoms with Gasteiger partial charge in [0.2, 0.25) is 0 Å². The van der Waals surface area contributed by atoms with E-state index in [0.717, 1.165) is 35.9 Å². The number of primary amides is 1. The molecular formula is C21H29ClN2O. The van der Waals surface area contributed by atoms with E-state index in [4.69, 9.17) is 17.3 Å². The zero-order valence-corrected chi connectivity index (χ0v) is 15.6. The number of nitrogens with two attached hydrogens (primary N) is 1. The predicted octanol–water partition coefficient (Wildman–Crippen LogP) is 5.47. The topological polar surface area (TPSA) is 46.3 Å². The van der Waals surface area contributed by atoms with Crippen LogP contribution in [0.3, 0.4) is 0 Å². The molecule has 1 aromatic rings. The van der Waals surface area contributed by atoms with Gasteiger partial charge in [-0.1, -0.05) is 49.4 Å². The Morgan fingerprint density at radius 3 is 2.00 bits per heavy atom. The van der Waals surface area contributed by atoms with E-state index in [1.54, 1.807) is 4.90 Å². The van der Waals surface area contributed by atoms with Crippen molar-refractivity contribution in [3.63, 3.8) is 0 Å². The smallest absolute Gasteiger partial charge is 0.319 e. The Morgan fingerprint density at radius 1 is 0.960 bits per heavy atom. The van der Waals surface area contributed by atoms with Crippen molar-refractivity contribution in [1.82, 2.24) is 0 Å². The summed E-state index contributed by atoms with van der Waals surface area (Å²) in [6.07, 6.45) is 10.9. The number of nitrogens with zero attached hydrogens (tertiary/aromatic N) is 1. The molecule has 3 fully saturated rings. The second kappa shape index (κ2) is 7.19. The van der Waals surface area contributed by atoms with Crippen molar-refractivity contribution in [3.05, 3.63) is 29.3 Å². The van der Waals surface area contributed by atoms with Gasteiger partial charge in [-0.2, -0.15) is 0 Å². The molecule has 2 N–H and O–H groups in total. The number of rotatable bonds is 3. The maximum absolute atomic E-state index is 12.2. The lowest BCUT2D eigenvalue weighted by molar-refractivity contribution is 0.184. The molecule has 3 aliphatic rings. The Morgan fingerprint density at radius 2 is 1.48 bits per heavy atom. The first kappa shape index (κ1) is 17.2. The molecule has 136 valence electrons. The average Bonchev–Trinajstić information content (AvgIpc) is 2.94. The molecule has 4 unspecified atom stereocenters. The van der Waals surface area contributed by atoms with Gasteiger partial charge in [0.1, 0.15) is 0 Å². The van der Waals surface area contributed by atoms with Crippen LogP contribution in [0.4, 0.5) is 10.5 Å². The van der Waals surface area contributed by atoms with Gasteiger partial charge in [-0.3, -0.25) is 4.90 Å². The summed E-state index contributed by atoms with van der Waals surface area (Å²) in [5.41, 5.74) is 6.55. The van der Waals surface area contributed by atoms with Crippen LogP contribution >= 0.6 is 11.6 Å². The Kier molecular flexibility index (Phi) is 4.95. The zero-order valence-electron chi connectivity index (χ0n) is 14.9. The van der Waals surface area contributed by atoms with E-state index in [1.165, 1.54) is 51.4 Å². The van der Waals surface area contributed by atoms with E-state index in [0.29, 0.717) is 10.9 Å². The largest absolute Gasteiger partial charge is 0.351 e. The van der Waals surface area contributed by atoms with Crippen LogP contribution in [0, 0.1) is 29.6 Å². The second-order valence-electron chi connectivity index (χ2n) is 8.29. The molecule has 3 saturated carbocycles. The number of hydrogen-bond donors (Lipinski definition) is 1. The van der Waals surface area contributed by atoms with Crippen LogP contribution in [-0.4, -0.2) is 12.6 Å². The van der Waals surface area contributed by atoms with Crippen molar-refractivity contribution >= 4 is 23.3 Å². The Labute approximate surface area is 155 Å². The van der Waals surface area contributed by atoms with Crippen LogP contribution < -0.4 is 10.6 Å². The maximum Gasteiger partial charge on any atom is 0.319 e. The number of anilines is 1. The Balaban J connectivity index is 1.62. The van der Waals surface area contributed by atoms with Gasteiger partial charge in [0.25, 0.3) is 0 Å². The van der Waals surface area contributed by atoms with Crippen molar-refractivity contribution in [2.24, 2.45) is 35.3 Å². The summed E-state index contributed by atoms with van der Waals surface area (Å²) in [6.45, 7) is 0.737. The summed E-state index contributed by atoms with van der Waals surface area (Å²) < 4.78 is 0. The van der Waals surface area contributed by atoms with Crippen molar-refractivity contribution in [2.75, 3.05) is 11.4 Å². The van der Waals surface area contributed by atoms with Crippen LogP contribution in [0.5, 0.6) is 0 Å². The van der Waals surface area contributed by atoms with Gasteiger partial charge in [-0.05, 0) is 67.4 Å². The minimum absolute atomic E-state index is 0.375. The van der Waals surface area contributed by atoms with Gasteiger partial charge in [0.15, 0.2) is 0 Å². The molecule has 0 aromatic heterocycles. The third-order valence-corrected chi connectivity index (χ3v) is 7.52. The first-order valence-corrected chi connectivity index (χ1v) is 10.4. The molecule has 0 radical (unpaired) electrons. The highest BCUT2D eigenvalue weighted by Crippen LogP contribution is 2.57. The molecule has 0 saturated heterocycles. The maximum atomic E-state index is 12.2. The SMILES string of the molecule is NC(=O)N(CC1C2CCCCC2C2CCCCC21)c1ccccc1Cl. The number of halogens is 1. The van der Waals surface area contributed by atoms with E-state index in [2.05, 4.69) is 0 Å². The molecule has 4 atom stereocenters. The molecule has 25 heavy (non-hydrogen) atoms. The van der Waals surface area contributed by atoms with Gasteiger partial charge in [-0.15, -0.1) is 0 Å². The van der Waals surface area contributed by atoms with Crippen molar-refractivity contribution in [1.29, 1.82) is 0 Å². The van der Waals surface area contributed by atoms with Gasteiger partial charge >= 0.3 is 6.03 Å². The minimum Gasteiger partial charge on any atom is -0.351 e. The minimum atomic E-state index is -0.375. The lowest BCUT2D eigenvalue weighted by Gasteiger charge is -2.34. The summed E-state index contributed by atoms with van der Waals surface area (Å²) in [5, 5.41) is 0.611. The molecule has 3 nitrogen and oxygen atoms in total. The average molecular weight is 361 g/mol. The normalized spacial score (nSPS) is 34.2. The Hall–Kier alpha value is -1.22. The number of hydrogen-bond acceptors (Lipinski definition) is 1. The van der Waals surface area contributed by atoms with E-state index in [1.807, 2.05) is 24.3 Å². The fraction of sp³-hybridized carbons (Fsp3) is 0.667. The number of benzene rings is 1. The molecule has 0 aliphatic heterocycles. The summed E-state index contributed by atoms with van der Waals surface area (Å²) in [4.78, 5) is 14.0. The molecule has 4 rings (SSSR count). The van der Waals surface area contributed by atoms with E-state index >= 15 is 0 Å². The number of carbonyl (C=O) groups excluding carboxylic acids is 1. The summed E-state index contributed by atoms with van der Waals surface area (Å²) in [7, 11) is 0. The third-order valence-electron chi connectivity index (χ3n) is 7.20. The predicted molar refractivity (Wildman–Crippen MR) is 103 cm³/mol. The highest BCUT2D eigenvalue weighted by Gasteiger charge is 2.51. The molecule has 1 aromatic carbocycles. The second-order valence-corrected chi connectivity index (χ2v) is 8.70. The first-order chi connectivity index (χ1) is 12.2. The fourth-order valence-electron chi connectivity index (χ4n) is 6.28. The molecule has 4 heteroatoms. The zero-order chi connectivity index (χ0) is 17.4. The highest BCUT2D eigenvalue weighted by molar-refractivity contribution is 6.33. The van der Waals surface area contributed by atoms with Crippen molar-refractivity contribution in [2.45, 2.75) is 51.4 Å². The lowest BCUT2D eigenvalue weighted by Crippen LogP contribution is -2.42. The molecule has 2 amide bonds. The molecule has 0 spiro atoms. The van der Waals surface area contributed by atoms with Crippen LogP contribution in [0.15, 0.2) is 24.3 Å². The summed E-state index contributed by atoms with van der Waals surface area (Å²) in [5.74, 6) is 3.88. The van der Waals surface area contributed by atoms with Gasteiger partial charge < -0.3 is 5.73 Å². The van der Waals surface area contributed by atoms with Gasteiger partial charge in [0, 0.05) is 6.54 Å². The molecular weight excluding hydrogens is 332 g/mol. The number of amides is 2. The summed E-state index contributed by atoms with van der Waals surface area (Å²) >= 11 is 6.37. The number of fused-ring (bicyclic) bond motifs is 3. The molecule has 3 aliphatic carbocycles. The quantitative estimate of drug-likeness (QED) is 0.763. The summed E-state index contributed by atoms with van der Waals surface area (Å²) in [6, 6.07) is 7.21. The Bertz CT molecular complexity index is 612. The van der Waals surface area contributed by atoms with E-state index in [-0.39, 0.29) is 6.03 Å². The fourth-order valence-corrected chi connectivity index (χ4v) is 6.52. The number of urea groups is 1. The van der Waals surface area contributed by atoms with Gasteiger partial charge in [-0.25, -0.2) is 4.79 Å². The third kappa shape index (κ3) is 3.16. The number of para-hydroxylation sites is 1. The van der Waals surface area contributed by atoms with Crippen LogP contribution in [0.1, 0.15) is 51.4 Å². The van der Waals surface area contributed by atoms with Crippen LogP contribution in [0.2, 0.25) is 5.02 Å². The van der Waals surface area contributed by atoms with Crippen molar-refractivity contribution in [3.8, 4) is 0 Å². The molecule has 0 heterocycles. The van der Waals surface area contributed by atoms with Crippen LogP contribution in [-0.2, 0) is 0 Å². The monoisotopic (exact) mass is 360 g/mol.